The van der Waals surface area contributed by atoms with E-state index in [1.807, 2.05) is 25.4 Å². The average Bonchev–Trinajstić information content (AvgIpc) is 2.87. The third-order valence-corrected chi connectivity index (χ3v) is 3.69. The largest absolute Gasteiger partial charge is 0.334 e. The number of aromatic nitrogens is 2. The molecule has 2 rings (SSSR count). The van der Waals surface area contributed by atoms with Gasteiger partial charge in [0, 0.05) is 24.0 Å². The highest BCUT2D eigenvalue weighted by Gasteiger charge is 2.18. The Morgan fingerprint density at radius 2 is 2.16 bits per heavy atom. The maximum Gasteiger partial charge on any atom is 0.130 e. The second kappa shape index (κ2) is 6.22. The van der Waals surface area contributed by atoms with Crippen LogP contribution in [0.25, 0.3) is 0 Å². The van der Waals surface area contributed by atoms with Gasteiger partial charge in [0.25, 0.3) is 0 Å². The van der Waals surface area contributed by atoms with Gasteiger partial charge in [-0.1, -0.05) is 30.7 Å². The van der Waals surface area contributed by atoms with E-state index in [0.717, 1.165) is 35.1 Å². The minimum Gasteiger partial charge on any atom is -0.334 e. The minimum absolute atomic E-state index is 0.0815. The molecule has 1 aromatic carbocycles. The standard InChI is InChI=1S/C15H20ClN3/c1-4-17-14(15-18-8-9-19(15)5-2)12-7-6-11(3)13(16)10-12/h6-10,14,17H,4-5H2,1-3H3. The maximum atomic E-state index is 6.24. The fourth-order valence-corrected chi connectivity index (χ4v) is 2.39. The Morgan fingerprint density at radius 1 is 1.37 bits per heavy atom. The Kier molecular flexibility index (Phi) is 4.61. The van der Waals surface area contributed by atoms with Crippen molar-refractivity contribution < 1.29 is 0 Å². The van der Waals surface area contributed by atoms with Crippen molar-refractivity contribution in [2.24, 2.45) is 0 Å². The van der Waals surface area contributed by atoms with Gasteiger partial charge in [0.05, 0.1) is 6.04 Å². The second-order valence-corrected chi connectivity index (χ2v) is 4.98. The van der Waals surface area contributed by atoms with Crippen LogP contribution in [0.2, 0.25) is 5.02 Å². The molecular formula is C15H20ClN3. The number of aryl methyl sites for hydroxylation is 2. The van der Waals surface area contributed by atoms with Crippen LogP contribution in [0.15, 0.2) is 30.6 Å². The first-order chi connectivity index (χ1) is 9.17. The van der Waals surface area contributed by atoms with Crippen molar-refractivity contribution in [1.82, 2.24) is 14.9 Å². The third kappa shape index (κ3) is 2.99. The van der Waals surface area contributed by atoms with E-state index in [2.05, 4.69) is 40.8 Å². The summed E-state index contributed by atoms with van der Waals surface area (Å²) in [6.45, 7) is 8.03. The van der Waals surface area contributed by atoms with Gasteiger partial charge in [0.1, 0.15) is 5.82 Å². The van der Waals surface area contributed by atoms with Crippen molar-refractivity contribution in [2.45, 2.75) is 33.4 Å². The molecule has 0 amide bonds. The summed E-state index contributed by atoms with van der Waals surface area (Å²) in [5.41, 5.74) is 2.25. The third-order valence-electron chi connectivity index (χ3n) is 3.28. The number of benzene rings is 1. The molecule has 1 atom stereocenters. The zero-order chi connectivity index (χ0) is 13.8. The zero-order valence-electron chi connectivity index (χ0n) is 11.7. The van der Waals surface area contributed by atoms with Crippen LogP contribution < -0.4 is 5.32 Å². The number of nitrogens with zero attached hydrogens (tertiary/aromatic N) is 2. The highest BCUT2D eigenvalue weighted by molar-refractivity contribution is 6.31. The van der Waals surface area contributed by atoms with E-state index in [0.29, 0.717) is 0 Å². The molecule has 0 aliphatic heterocycles. The molecule has 1 unspecified atom stereocenters. The van der Waals surface area contributed by atoms with E-state index < -0.39 is 0 Å². The Hall–Kier alpha value is -1.32. The average molecular weight is 278 g/mol. The molecule has 0 saturated heterocycles. The van der Waals surface area contributed by atoms with E-state index in [9.17, 15) is 0 Å². The highest BCUT2D eigenvalue weighted by atomic mass is 35.5. The van der Waals surface area contributed by atoms with E-state index in [1.54, 1.807) is 0 Å². The lowest BCUT2D eigenvalue weighted by Crippen LogP contribution is -2.25. The van der Waals surface area contributed by atoms with Crippen LogP contribution in [-0.2, 0) is 6.54 Å². The van der Waals surface area contributed by atoms with Gasteiger partial charge >= 0.3 is 0 Å². The minimum atomic E-state index is 0.0815. The molecule has 0 bridgehead atoms. The molecule has 0 saturated carbocycles. The van der Waals surface area contributed by atoms with Crippen molar-refractivity contribution in [3.05, 3.63) is 52.6 Å². The predicted molar refractivity (Wildman–Crippen MR) is 79.6 cm³/mol. The molecule has 102 valence electrons. The van der Waals surface area contributed by atoms with Gasteiger partial charge in [0.2, 0.25) is 0 Å². The number of halogens is 1. The van der Waals surface area contributed by atoms with E-state index >= 15 is 0 Å². The Bertz CT molecular complexity index is 548. The van der Waals surface area contributed by atoms with Gasteiger partial charge in [-0.25, -0.2) is 4.98 Å². The number of hydrogen-bond acceptors (Lipinski definition) is 2. The zero-order valence-corrected chi connectivity index (χ0v) is 12.4. The monoisotopic (exact) mass is 277 g/mol. The number of nitrogens with one attached hydrogen (secondary N) is 1. The van der Waals surface area contributed by atoms with Crippen LogP contribution >= 0.6 is 11.6 Å². The van der Waals surface area contributed by atoms with Crippen LogP contribution in [0.3, 0.4) is 0 Å². The van der Waals surface area contributed by atoms with Gasteiger partial charge < -0.3 is 9.88 Å². The summed E-state index contributed by atoms with van der Waals surface area (Å²) in [5.74, 6) is 1.03. The molecule has 1 N–H and O–H groups in total. The van der Waals surface area contributed by atoms with Crippen LogP contribution in [0.1, 0.15) is 36.8 Å². The number of imidazole rings is 1. The second-order valence-electron chi connectivity index (χ2n) is 4.57. The van der Waals surface area contributed by atoms with Gasteiger partial charge in [-0.15, -0.1) is 0 Å². The SMILES string of the molecule is CCNC(c1ccc(C)c(Cl)c1)c1nccn1CC. The van der Waals surface area contributed by atoms with Crippen molar-refractivity contribution in [3.63, 3.8) is 0 Å². The molecule has 0 radical (unpaired) electrons. The van der Waals surface area contributed by atoms with Crippen LogP contribution in [0, 0.1) is 6.92 Å². The lowest BCUT2D eigenvalue weighted by Gasteiger charge is -2.19. The smallest absolute Gasteiger partial charge is 0.130 e. The fourth-order valence-electron chi connectivity index (χ4n) is 2.20. The Balaban J connectivity index is 2.42. The van der Waals surface area contributed by atoms with E-state index in [4.69, 9.17) is 11.6 Å². The predicted octanol–water partition coefficient (Wildman–Crippen LogP) is 3.56. The Morgan fingerprint density at radius 3 is 2.79 bits per heavy atom. The molecule has 1 aromatic heterocycles. The molecule has 0 aliphatic rings. The summed E-state index contributed by atoms with van der Waals surface area (Å²) in [5, 5.41) is 4.28. The van der Waals surface area contributed by atoms with E-state index in [1.165, 1.54) is 0 Å². The number of hydrogen-bond donors (Lipinski definition) is 1. The first kappa shape index (κ1) is 14.1. The lowest BCUT2D eigenvalue weighted by molar-refractivity contribution is 0.559. The molecule has 19 heavy (non-hydrogen) atoms. The number of rotatable bonds is 5. The van der Waals surface area contributed by atoms with Crippen molar-refractivity contribution in [3.8, 4) is 0 Å². The highest BCUT2D eigenvalue weighted by Crippen LogP contribution is 2.25. The molecule has 4 heteroatoms. The van der Waals surface area contributed by atoms with Crippen LogP contribution in [0.5, 0.6) is 0 Å². The molecule has 0 fully saturated rings. The topological polar surface area (TPSA) is 29.9 Å². The summed E-state index contributed by atoms with van der Waals surface area (Å²) in [6, 6.07) is 6.28. The van der Waals surface area contributed by atoms with Crippen LogP contribution in [-0.4, -0.2) is 16.1 Å². The van der Waals surface area contributed by atoms with Gasteiger partial charge in [0.15, 0.2) is 0 Å². The summed E-state index contributed by atoms with van der Waals surface area (Å²) < 4.78 is 2.15. The first-order valence-corrected chi connectivity index (χ1v) is 7.05. The van der Waals surface area contributed by atoms with E-state index in [-0.39, 0.29) is 6.04 Å². The van der Waals surface area contributed by atoms with Crippen LogP contribution in [0.4, 0.5) is 0 Å². The molecule has 2 aromatic rings. The van der Waals surface area contributed by atoms with Crippen molar-refractivity contribution in [1.29, 1.82) is 0 Å². The summed E-state index contributed by atoms with van der Waals surface area (Å²) in [4.78, 5) is 4.49. The van der Waals surface area contributed by atoms with Gasteiger partial charge in [-0.05, 0) is 37.6 Å². The lowest BCUT2D eigenvalue weighted by atomic mass is 10.0. The molecule has 0 spiro atoms. The molecule has 3 nitrogen and oxygen atoms in total. The Labute approximate surface area is 119 Å². The summed E-state index contributed by atoms with van der Waals surface area (Å²) >= 11 is 6.24. The summed E-state index contributed by atoms with van der Waals surface area (Å²) in [6.07, 6.45) is 3.86. The quantitative estimate of drug-likeness (QED) is 0.906. The van der Waals surface area contributed by atoms with Crippen molar-refractivity contribution >= 4 is 11.6 Å². The van der Waals surface area contributed by atoms with Gasteiger partial charge in [-0.3, -0.25) is 0 Å². The van der Waals surface area contributed by atoms with Crippen molar-refractivity contribution in [2.75, 3.05) is 6.54 Å². The molecular weight excluding hydrogens is 258 g/mol. The fraction of sp³-hybridized carbons (Fsp3) is 0.400. The van der Waals surface area contributed by atoms with Gasteiger partial charge in [-0.2, -0.15) is 0 Å². The first-order valence-electron chi connectivity index (χ1n) is 6.67. The molecule has 0 aliphatic carbocycles. The molecule has 1 heterocycles. The summed E-state index contributed by atoms with van der Waals surface area (Å²) in [7, 11) is 0. The maximum absolute atomic E-state index is 6.24. The normalized spacial score (nSPS) is 12.6.